The number of ketones is 1. The third-order valence-corrected chi connectivity index (χ3v) is 4.11. The van der Waals surface area contributed by atoms with Crippen molar-refractivity contribution in [2.24, 2.45) is 0 Å². The first-order chi connectivity index (χ1) is 8.16. The van der Waals surface area contributed by atoms with Gasteiger partial charge in [-0.3, -0.25) is 4.79 Å². The Morgan fingerprint density at radius 1 is 1.59 bits per heavy atom. The molecule has 1 aromatic carbocycles. The van der Waals surface area contributed by atoms with Gasteiger partial charge in [-0.05, 0) is 23.8 Å². The van der Waals surface area contributed by atoms with Crippen LogP contribution in [-0.2, 0) is 11.2 Å². The maximum absolute atomic E-state index is 13.1. The largest absolute Gasteiger partial charge is 0.306 e. The zero-order chi connectivity index (χ0) is 12.3. The number of halogens is 2. The van der Waals surface area contributed by atoms with E-state index in [2.05, 4.69) is 5.32 Å². The lowest BCUT2D eigenvalue weighted by Crippen LogP contribution is -2.44. The van der Waals surface area contributed by atoms with Gasteiger partial charge in [-0.1, -0.05) is 11.6 Å². The van der Waals surface area contributed by atoms with Crippen LogP contribution in [0, 0.1) is 5.82 Å². The zero-order valence-electron chi connectivity index (χ0n) is 9.21. The van der Waals surface area contributed by atoms with E-state index < -0.39 is 0 Å². The van der Waals surface area contributed by atoms with Crippen molar-refractivity contribution in [1.29, 1.82) is 0 Å². The predicted octanol–water partition coefficient (Wildman–Crippen LogP) is 2.30. The number of hydrogen-bond donors (Lipinski definition) is 1. The van der Waals surface area contributed by atoms with E-state index in [0.717, 1.165) is 18.1 Å². The Labute approximate surface area is 109 Å². The summed E-state index contributed by atoms with van der Waals surface area (Å²) in [7, 11) is 0. The Balaban J connectivity index is 2.04. The van der Waals surface area contributed by atoms with Gasteiger partial charge in [0.05, 0.1) is 6.04 Å². The van der Waals surface area contributed by atoms with E-state index in [-0.39, 0.29) is 24.1 Å². The smallest absolute Gasteiger partial charge is 0.154 e. The van der Waals surface area contributed by atoms with E-state index in [0.29, 0.717) is 10.6 Å². The Hall–Kier alpha value is -0.580. The average Bonchev–Trinajstić information content (AvgIpc) is 2.35. The van der Waals surface area contributed by atoms with Gasteiger partial charge < -0.3 is 5.32 Å². The van der Waals surface area contributed by atoms with Gasteiger partial charge in [0, 0.05) is 29.5 Å². The van der Waals surface area contributed by atoms with Crippen LogP contribution < -0.4 is 5.32 Å². The highest BCUT2D eigenvalue weighted by Crippen LogP contribution is 2.19. The van der Waals surface area contributed by atoms with E-state index in [1.807, 2.05) is 0 Å². The van der Waals surface area contributed by atoms with Crippen molar-refractivity contribution >= 4 is 29.1 Å². The molecule has 5 heteroatoms. The van der Waals surface area contributed by atoms with Crippen molar-refractivity contribution < 1.29 is 9.18 Å². The molecule has 0 aromatic heterocycles. The molecule has 1 atom stereocenters. The third-order valence-electron chi connectivity index (χ3n) is 2.68. The number of thioether (sulfide) groups is 1. The molecule has 92 valence electrons. The maximum atomic E-state index is 13.1. The lowest BCUT2D eigenvalue weighted by molar-refractivity contribution is -0.119. The summed E-state index contributed by atoms with van der Waals surface area (Å²) in [5.74, 6) is 1.53. The second kappa shape index (κ2) is 5.85. The van der Waals surface area contributed by atoms with Crippen molar-refractivity contribution in [2.75, 3.05) is 18.1 Å². The molecule has 1 unspecified atom stereocenters. The molecule has 1 fully saturated rings. The van der Waals surface area contributed by atoms with Crippen molar-refractivity contribution in [1.82, 2.24) is 5.32 Å². The van der Waals surface area contributed by atoms with Gasteiger partial charge in [0.25, 0.3) is 0 Å². The van der Waals surface area contributed by atoms with Crippen molar-refractivity contribution in [2.45, 2.75) is 12.5 Å². The molecule has 1 aliphatic rings. The minimum absolute atomic E-state index is 0.0738. The van der Waals surface area contributed by atoms with Gasteiger partial charge in [-0.25, -0.2) is 4.39 Å². The number of benzene rings is 1. The summed E-state index contributed by atoms with van der Waals surface area (Å²) in [4.78, 5) is 12.0. The molecule has 0 spiro atoms. The molecule has 2 nitrogen and oxygen atoms in total. The Bertz CT molecular complexity index is 421. The van der Waals surface area contributed by atoms with Crippen LogP contribution in [-0.4, -0.2) is 29.9 Å². The highest BCUT2D eigenvalue weighted by Gasteiger charge is 2.21. The first kappa shape index (κ1) is 12.9. The molecule has 2 rings (SSSR count). The molecule has 0 radical (unpaired) electrons. The molecule has 17 heavy (non-hydrogen) atoms. The van der Waals surface area contributed by atoms with Gasteiger partial charge in [-0.15, -0.1) is 0 Å². The molecule has 1 aliphatic heterocycles. The summed E-state index contributed by atoms with van der Waals surface area (Å²) < 4.78 is 13.1. The van der Waals surface area contributed by atoms with Crippen molar-refractivity contribution in [3.63, 3.8) is 0 Å². The van der Waals surface area contributed by atoms with Gasteiger partial charge >= 0.3 is 0 Å². The van der Waals surface area contributed by atoms with E-state index in [4.69, 9.17) is 11.6 Å². The number of carbonyl (C=O) groups excluding carboxylic acids is 1. The Morgan fingerprint density at radius 2 is 2.41 bits per heavy atom. The molecule has 0 amide bonds. The molecule has 1 saturated heterocycles. The first-order valence-electron chi connectivity index (χ1n) is 5.44. The topological polar surface area (TPSA) is 29.1 Å². The van der Waals surface area contributed by atoms with E-state index in [9.17, 15) is 9.18 Å². The van der Waals surface area contributed by atoms with Crippen LogP contribution in [0.5, 0.6) is 0 Å². The van der Waals surface area contributed by atoms with Crippen LogP contribution in [0.1, 0.15) is 5.56 Å². The summed E-state index contributed by atoms with van der Waals surface area (Å²) in [5, 5.41) is 3.61. The molecular weight excluding hydrogens is 261 g/mol. The maximum Gasteiger partial charge on any atom is 0.154 e. The lowest BCUT2D eigenvalue weighted by atomic mass is 10.0. The molecular formula is C12H13ClFNOS. The normalized spacial score (nSPS) is 20.2. The number of carbonyl (C=O) groups is 1. The van der Waals surface area contributed by atoms with Crippen LogP contribution in [0.2, 0.25) is 5.02 Å². The fourth-order valence-corrected chi connectivity index (χ4v) is 2.91. The van der Waals surface area contributed by atoms with Crippen molar-refractivity contribution in [3.05, 3.63) is 34.6 Å². The number of Topliss-reactive ketones (excluding diaryl/α,β-unsaturated/α-hetero) is 1. The molecule has 0 bridgehead atoms. The lowest BCUT2D eigenvalue weighted by Gasteiger charge is -2.22. The average molecular weight is 274 g/mol. The first-order valence-corrected chi connectivity index (χ1v) is 6.98. The van der Waals surface area contributed by atoms with E-state index in [1.165, 1.54) is 18.2 Å². The van der Waals surface area contributed by atoms with E-state index >= 15 is 0 Å². The fourth-order valence-electron chi connectivity index (χ4n) is 1.76. The highest BCUT2D eigenvalue weighted by molar-refractivity contribution is 7.99. The van der Waals surface area contributed by atoms with Crippen molar-refractivity contribution in [3.8, 4) is 0 Å². The Morgan fingerprint density at radius 3 is 3.12 bits per heavy atom. The van der Waals surface area contributed by atoms with Crippen LogP contribution in [0.4, 0.5) is 4.39 Å². The summed E-state index contributed by atoms with van der Waals surface area (Å²) in [6.07, 6.45) is 0.189. The summed E-state index contributed by atoms with van der Waals surface area (Å²) in [5.41, 5.74) is 0.564. The predicted molar refractivity (Wildman–Crippen MR) is 69.2 cm³/mol. The van der Waals surface area contributed by atoms with Crippen LogP contribution >= 0.6 is 23.4 Å². The standard InChI is InChI=1S/C12H13ClFNOS/c13-10-2-1-9(14)5-8(10)6-12(16)11-7-17-4-3-15-11/h1-2,5,11,15H,3-4,6-7H2. The molecule has 0 saturated carbocycles. The second-order valence-corrected chi connectivity index (χ2v) is 5.52. The second-order valence-electron chi connectivity index (χ2n) is 3.96. The number of nitrogens with one attached hydrogen (secondary N) is 1. The monoisotopic (exact) mass is 273 g/mol. The van der Waals surface area contributed by atoms with Gasteiger partial charge in [0.15, 0.2) is 5.78 Å². The van der Waals surface area contributed by atoms with Crippen LogP contribution in [0.15, 0.2) is 18.2 Å². The minimum Gasteiger partial charge on any atom is -0.306 e. The quantitative estimate of drug-likeness (QED) is 0.916. The minimum atomic E-state index is -0.358. The van der Waals surface area contributed by atoms with Crippen LogP contribution in [0.3, 0.4) is 0 Å². The van der Waals surface area contributed by atoms with Gasteiger partial charge in [-0.2, -0.15) is 11.8 Å². The molecule has 1 heterocycles. The highest BCUT2D eigenvalue weighted by atomic mass is 35.5. The molecule has 1 aromatic rings. The third kappa shape index (κ3) is 3.44. The van der Waals surface area contributed by atoms with Gasteiger partial charge in [0.2, 0.25) is 0 Å². The molecule has 0 aliphatic carbocycles. The van der Waals surface area contributed by atoms with E-state index in [1.54, 1.807) is 11.8 Å². The Kier molecular flexibility index (Phi) is 4.42. The summed E-state index contributed by atoms with van der Waals surface area (Å²) in [6.45, 7) is 0.845. The summed E-state index contributed by atoms with van der Waals surface area (Å²) >= 11 is 7.69. The van der Waals surface area contributed by atoms with Crippen LogP contribution in [0.25, 0.3) is 0 Å². The zero-order valence-corrected chi connectivity index (χ0v) is 10.8. The number of rotatable bonds is 3. The SMILES string of the molecule is O=C(Cc1cc(F)ccc1Cl)C1CSCCN1. The van der Waals surface area contributed by atoms with Gasteiger partial charge in [0.1, 0.15) is 5.82 Å². The fraction of sp³-hybridized carbons (Fsp3) is 0.417. The molecule has 1 N–H and O–H groups in total. The summed E-state index contributed by atoms with van der Waals surface area (Å²) in [6, 6.07) is 3.98. The number of hydrogen-bond acceptors (Lipinski definition) is 3.